The molecule has 0 fully saturated rings. The Morgan fingerprint density at radius 1 is 1.09 bits per heavy atom. The largest absolute Gasteiger partial charge is 0.492 e. The molecule has 6 nitrogen and oxygen atoms in total. The Bertz CT molecular complexity index is 686. The number of aromatic nitrogens is 1. The van der Waals surface area contributed by atoms with E-state index in [2.05, 4.69) is 5.16 Å². The Kier molecular flexibility index (Phi) is 3.10. The predicted octanol–water partition coefficient (Wildman–Crippen LogP) is 2.58. The molecule has 6 heteroatoms. The van der Waals surface area contributed by atoms with Crippen LogP contribution in [0.1, 0.15) is 24.0 Å². The van der Waals surface area contributed by atoms with Crippen molar-refractivity contribution in [1.29, 1.82) is 0 Å². The predicted molar refractivity (Wildman–Crippen MR) is 80.5 cm³/mol. The van der Waals surface area contributed by atoms with Crippen molar-refractivity contribution in [2.45, 2.75) is 25.7 Å². The summed E-state index contributed by atoms with van der Waals surface area (Å²) in [4.78, 5) is 0. The van der Waals surface area contributed by atoms with E-state index in [0.29, 0.717) is 24.8 Å². The normalized spacial score (nSPS) is 16.2. The first-order chi connectivity index (χ1) is 10.8. The summed E-state index contributed by atoms with van der Waals surface area (Å²) in [5.74, 6) is 3.41. The molecule has 0 atom stereocenters. The van der Waals surface area contributed by atoms with E-state index in [9.17, 15) is 0 Å². The molecule has 22 heavy (non-hydrogen) atoms. The number of nitrogens with two attached hydrogens (primary N) is 1. The van der Waals surface area contributed by atoms with Crippen LogP contribution in [0.2, 0.25) is 0 Å². The average Bonchev–Trinajstić information content (AvgIpc) is 2.98. The molecular formula is C16H18N2O4. The summed E-state index contributed by atoms with van der Waals surface area (Å²) in [6.07, 6.45) is 3.69. The molecular weight excluding hydrogens is 284 g/mol. The molecule has 0 spiro atoms. The highest BCUT2D eigenvalue weighted by molar-refractivity contribution is 5.80. The molecule has 0 saturated heterocycles. The lowest BCUT2D eigenvalue weighted by Crippen LogP contribution is -2.17. The number of anilines is 1. The minimum Gasteiger partial charge on any atom is -0.492 e. The van der Waals surface area contributed by atoms with Crippen LogP contribution in [0.5, 0.6) is 17.2 Å². The second-order valence-electron chi connectivity index (χ2n) is 5.54. The zero-order chi connectivity index (χ0) is 15.1. The highest BCUT2D eigenvalue weighted by Crippen LogP contribution is 2.51. The fourth-order valence-electron chi connectivity index (χ4n) is 3.29. The SMILES string of the molecule is COc1c2c(c(-c3cc(N)no3)c3c1OCCC3)OCCC2. The second-order valence-corrected chi connectivity index (χ2v) is 5.54. The van der Waals surface area contributed by atoms with Crippen LogP contribution in [0, 0.1) is 0 Å². The Hall–Kier alpha value is -2.37. The topological polar surface area (TPSA) is 79.7 Å². The fraction of sp³-hybridized carbons (Fsp3) is 0.438. The summed E-state index contributed by atoms with van der Waals surface area (Å²) >= 11 is 0. The summed E-state index contributed by atoms with van der Waals surface area (Å²) in [6.45, 7) is 1.38. The highest BCUT2D eigenvalue weighted by atomic mass is 16.5. The van der Waals surface area contributed by atoms with E-state index >= 15 is 0 Å². The van der Waals surface area contributed by atoms with Gasteiger partial charge in [0.15, 0.2) is 23.1 Å². The highest BCUT2D eigenvalue weighted by Gasteiger charge is 2.32. The van der Waals surface area contributed by atoms with Crippen LogP contribution >= 0.6 is 0 Å². The van der Waals surface area contributed by atoms with Crippen LogP contribution in [0.15, 0.2) is 10.6 Å². The standard InChI is InChI=1S/C16H18N2O4/c1-19-15-10-5-3-6-20-14(10)13(11-8-12(17)18-22-11)9-4-2-7-21-16(9)15/h8H,2-7H2,1H3,(H2,17,18). The molecule has 0 saturated carbocycles. The van der Waals surface area contributed by atoms with Gasteiger partial charge < -0.3 is 24.5 Å². The molecule has 0 aliphatic carbocycles. The maximum Gasteiger partial charge on any atom is 0.173 e. The first-order valence-corrected chi connectivity index (χ1v) is 7.53. The van der Waals surface area contributed by atoms with Gasteiger partial charge in [-0.3, -0.25) is 0 Å². The Labute approximate surface area is 128 Å². The Morgan fingerprint density at radius 3 is 2.50 bits per heavy atom. The number of hydrogen-bond donors (Lipinski definition) is 1. The van der Waals surface area contributed by atoms with Gasteiger partial charge in [-0.1, -0.05) is 5.16 Å². The second kappa shape index (κ2) is 5.12. The molecule has 2 aliphatic rings. The van der Waals surface area contributed by atoms with Gasteiger partial charge in [-0.25, -0.2) is 0 Å². The zero-order valence-electron chi connectivity index (χ0n) is 12.5. The van der Waals surface area contributed by atoms with Crippen molar-refractivity contribution in [3.05, 3.63) is 17.2 Å². The molecule has 116 valence electrons. The van der Waals surface area contributed by atoms with E-state index < -0.39 is 0 Å². The van der Waals surface area contributed by atoms with Gasteiger partial charge in [0.1, 0.15) is 5.75 Å². The monoisotopic (exact) mass is 302 g/mol. The summed E-state index contributed by atoms with van der Waals surface area (Å²) in [5, 5.41) is 3.81. The van der Waals surface area contributed by atoms with Crippen molar-refractivity contribution >= 4 is 5.82 Å². The minimum atomic E-state index is 0.362. The third kappa shape index (κ3) is 1.90. The van der Waals surface area contributed by atoms with Crippen molar-refractivity contribution in [3.63, 3.8) is 0 Å². The maximum atomic E-state index is 5.96. The van der Waals surface area contributed by atoms with Gasteiger partial charge in [0, 0.05) is 17.2 Å². The summed E-state index contributed by atoms with van der Waals surface area (Å²) in [5.41, 5.74) is 8.73. The van der Waals surface area contributed by atoms with Crippen LogP contribution in [0.3, 0.4) is 0 Å². The van der Waals surface area contributed by atoms with Gasteiger partial charge in [-0.15, -0.1) is 0 Å². The summed E-state index contributed by atoms with van der Waals surface area (Å²) in [7, 11) is 1.68. The first-order valence-electron chi connectivity index (χ1n) is 7.53. The van der Waals surface area contributed by atoms with Crippen molar-refractivity contribution in [2.75, 3.05) is 26.1 Å². The number of nitrogens with zero attached hydrogens (tertiary/aromatic N) is 1. The van der Waals surface area contributed by atoms with E-state index in [1.165, 1.54) is 0 Å². The van der Waals surface area contributed by atoms with E-state index in [-0.39, 0.29) is 0 Å². The van der Waals surface area contributed by atoms with Crippen LogP contribution in [-0.4, -0.2) is 25.5 Å². The molecule has 0 radical (unpaired) electrons. The molecule has 0 unspecified atom stereocenters. The molecule has 2 aliphatic heterocycles. The van der Waals surface area contributed by atoms with Crippen LogP contribution in [0.25, 0.3) is 11.3 Å². The molecule has 2 N–H and O–H groups in total. The Morgan fingerprint density at radius 2 is 1.82 bits per heavy atom. The summed E-state index contributed by atoms with van der Waals surface area (Å²) in [6, 6.07) is 1.73. The van der Waals surface area contributed by atoms with Gasteiger partial charge in [-0.2, -0.15) is 0 Å². The molecule has 2 aromatic rings. The van der Waals surface area contributed by atoms with Crippen LogP contribution in [0.4, 0.5) is 5.82 Å². The third-order valence-corrected chi connectivity index (χ3v) is 4.17. The van der Waals surface area contributed by atoms with Gasteiger partial charge in [-0.05, 0) is 25.7 Å². The molecule has 0 amide bonds. The lowest BCUT2D eigenvalue weighted by molar-refractivity contribution is 0.253. The van der Waals surface area contributed by atoms with E-state index in [1.54, 1.807) is 13.2 Å². The Balaban J connectivity index is 2.03. The minimum absolute atomic E-state index is 0.362. The first kappa shape index (κ1) is 13.3. The number of ether oxygens (including phenoxy) is 3. The molecule has 0 bridgehead atoms. The van der Waals surface area contributed by atoms with Crippen molar-refractivity contribution in [2.24, 2.45) is 0 Å². The van der Waals surface area contributed by atoms with Gasteiger partial charge >= 0.3 is 0 Å². The maximum absolute atomic E-state index is 5.96. The lowest BCUT2D eigenvalue weighted by Gasteiger charge is -2.29. The number of benzene rings is 1. The number of methoxy groups -OCH3 is 1. The molecule has 1 aromatic carbocycles. The third-order valence-electron chi connectivity index (χ3n) is 4.17. The molecule has 1 aromatic heterocycles. The number of fused-ring (bicyclic) bond motifs is 2. The van der Waals surface area contributed by atoms with Crippen molar-refractivity contribution in [3.8, 4) is 28.6 Å². The number of nitrogen functional groups attached to an aromatic ring is 1. The fourth-order valence-corrected chi connectivity index (χ4v) is 3.29. The lowest BCUT2D eigenvalue weighted by atomic mass is 9.91. The van der Waals surface area contributed by atoms with Gasteiger partial charge in [0.25, 0.3) is 0 Å². The van der Waals surface area contributed by atoms with Crippen molar-refractivity contribution < 1.29 is 18.7 Å². The van der Waals surface area contributed by atoms with Crippen molar-refractivity contribution in [1.82, 2.24) is 5.16 Å². The summed E-state index contributed by atoms with van der Waals surface area (Å²) < 4.78 is 22.9. The van der Waals surface area contributed by atoms with Gasteiger partial charge in [0.05, 0.1) is 25.9 Å². The number of hydrogen-bond acceptors (Lipinski definition) is 6. The van der Waals surface area contributed by atoms with E-state index in [1.807, 2.05) is 0 Å². The quantitative estimate of drug-likeness (QED) is 0.918. The zero-order valence-corrected chi connectivity index (χ0v) is 12.5. The van der Waals surface area contributed by atoms with Crippen LogP contribution < -0.4 is 19.9 Å². The van der Waals surface area contributed by atoms with E-state index in [4.69, 9.17) is 24.5 Å². The van der Waals surface area contributed by atoms with Crippen LogP contribution in [-0.2, 0) is 12.8 Å². The number of rotatable bonds is 2. The smallest absolute Gasteiger partial charge is 0.173 e. The van der Waals surface area contributed by atoms with Gasteiger partial charge in [0.2, 0.25) is 0 Å². The molecule has 4 rings (SSSR count). The van der Waals surface area contributed by atoms with E-state index in [0.717, 1.165) is 59.6 Å². The average molecular weight is 302 g/mol. The molecule has 3 heterocycles.